The molecule has 2 aliphatic rings. The number of halogens is 3. The third kappa shape index (κ3) is 28.8. The number of ether oxygens (including phenoxy) is 4. The molecule has 0 unspecified atom stereocenters. The molecule has 0 atom stereocenters. The normalized spacial score (nSPS) is 14.4. The molecule has 0 radical (unpaired) electrons. The van der Waals surface area contributed by atoms with Crippen molar-refractivity contribution in [1.29, 1.82) is 0 Å². The van der Waals surface area contributed by atoms with E-state index in [0.29, 0.717) is 65.2 Å². The van der Waals surface area contributed by atoms with Gasteiger partial charge in [-0.2, -0.15) is 13.2 Å². The van der Waals surface area contributed by atoms with Crippen molar-refractivity contribution in [3.63, 3.8) is 0 Å². The summed E-state index contributed by atoms with van der Waals surface area (Å²) in [5, 5.41) is 30.9. The van der Waals surface area contributed by atoms with Gasteiger partial charge in [0.15, 0.2) is 11.9 Å². The number of methoxy groups -OCH3 is 2. The fraction of sp³-hybridized carbons (Fsp3) is 0.538. The van der Waals surface area contributed by atoms with Gasteiger partial charge >= 0.3 is 18.2 Å². The Morgan fingerprint density at radius 1 is 0.607 bits per heavy atom. The molecule has 4 aromatic carbocycles. The van der Waals surface area contributed by atoms with E-state index in [1.807, 2.05) is 18.2 Å². The monoisotopic (exact) mass is 1250 g/mol. The molecule has 2 aliphatic heterocycles. The van der Waals surface area contributed by atoms with Crippen LogP contribution in [0.3, 0.4) is 0 Å². The van der Waals surface area contributed by atoms with Gasteiger partial charge in [0.2, 0.25) is 11.8 Å². The van der Waals surface area contributed by atoms with E-state index in [0.717, 1.165) is 155 Å². The minimum atomic E-state index is -5.08. The number of alkyl halides is 3. The van der Waals surface area contributed by atoms with Crippen LogP contribution in [0.15, 0.2) is 94.9 Å². The number of hydrogen-bond donors (Lipinski definition) is 7. The zero-order chi connectivity index (χ0) is 65.0. The number of nitrogens with zero attached hydrogens (tertiary/aromatic N) is 6. The number of carboxylic acids is 1. The number of benzene rings is 4. The molecule has 2 fully saturated rings. The highest BCUT2D eigenvalue weighted by Gasteiger charge is 2.38. The van der Waals surface area contributed by atoms with Crippen LogP contribution in [-0.4, -0.2) is 196 Å². The van der Waals surface area contributed by atoms with E-state index < -0.39 is 18.2 Å². The lowest BCUT2D eigenvalue weighted by atomic mass is 9.99. The third-order valence-electron chi connectivity index (χ3n) is 14.9. The zero-order valence-corrected chi connectivity index (χ0v) is 52.5. The summed E-state index contributed by atoms with van der Waals surface area (Å²) < 4.78 is 54.5. The van der Waals surface area contributed by atoms with Crippen molar-refractivity contribution in [2.24, 2.45) is 21.5 Å². The smallest absolute Gasteiger partial charge is 0.490 e. The first-order valence-electron chi connectivity index (χ1n) is 30.7. The number of β-amino-alcohol motifs (C(OH)–C–C–N with tert-alkyl or cyclic N) is 1. The topological polar surface area (TPSA) is 280 Å². The number of aliphatic hydroxyl groups excluding tert-OH is 1. The fourth-order valence-corrected chi connectivity index (χ4v) is 9.68. The number of aliphatic carboxylic acids is 1. The zero-order valence-electron chi connectivity index (χ0n) is 52.5. The maximum absolute atomic E-state index is 12.4. The Labute approximate surface area is 522 Å². The summed E-state index contributed by atoms with van der Waals surface area (Å²) in [7, 11) is 5.02. The number of piperidine rings is 1. The number of carbonyl (C=O) groups excluding carboxylic acids is 2. The van der Waals surface area contributed by atoms with Crippen LogP contribution in [0, 0.1) is 0 Å². The number of amides is 3. The highest BCUT2D eigenvalue weighted by Crippen LogP contribution is 2.34. The third-order valence-corrected chi connectivity index (χ3v) is 14.9. The van der Waals surface area contributed by atoms with Gasteiger partial charge in [0.1, 0.15) is 11.5 Å². The molecule has 21 nitrogen and oxygen atoms in total. The summed E-state index contributed by atoms with van der Waals surface area (Å²) in [5.74, 6) is -1.12. The predicted molar refractivity (Wildman–Crippen MR) is 340 cm³/mol. The second kappa shape index (κ2) is 41.0. The molecule has 0 bridgehead atoms. The minimum Gasteiger partial charge on any atom is -0.493 e. The Bertz CT molecular complexity index is 2790. The Balaban J connectivity index is 0.000000343. The molecule has 0 saturated carbocycles. The molecule has 4 aromatic rings. The van der Waals surface area contributed by atoms with E-state index in [1.54, 1.807) is 21.3 Å². The lowest BCUT2D eigenvalue weighted by Gasteiger charge is -2.35. The van der Waals surface area contributed by atoms with Gasteiger partial charge in [-0.25, -0.2) is 9.59 Å². The van der Waals surface area contributed by atoms with E-state index in [-0.39, 0.29) is 36.4 Å². The number of rotatable bonds is 31. The second-order valence-electron chi connectivity index (χ2n) is 21.8. The van der Waals surface area contributed by atoms with Crippen molar-refractivity contribution < 1.29 is 66.6 Å². The van der Waals surface area contributed by atoms with Crippen LogP contribution in [0.25, 0.3) is 22.3 Å². The molecule has 492 valence electrons. The number of piperazine rings is 1. The molecule has 0 aromatic heterocycles. The van der Waals surface area contributed by atoms with Crippen LogP contribution in [0.4, 0.5) is 18.0 Å². The first-order valence-corrected chi connectivity index (χ1v) is 30.7. The van der Waals surface area contributed by atoms with Crippen molar-refractivity contribution in [3.8, 4) is 33.8 Å². The minimum absolute atomic E-state index is 0.0864. The molecule has 89 heavy (non-hydrogen) atoms. The summed E-state index contributed by atoms with van der Waals surface area (Å²) in [6.45, 7) is 16.2. The molecule has 24 heteroatoms. The number of guanidine groups is 2. The first kappa shape index (κ1) is 74.1. The Morgan fingerprint density at radius 3 is 1.37 bits per heavy atom. The maximum Gasteiger partial charge on any atom is 0.490 e. The molecular formula is C65H95F3N10O11. The van der Waals surface area contributed by atoms with Crippen LogP contribution >= 0.6 is 0 Å². The van der Waals surface area contributed by atoms with Crippen LogP contribution in [0.2, 0.25) is 0 Å². The summed E-state index contributed by atoms with van der Waals surface area (Å²) in [5.41, 5.74) is 20.4. The fourth-order valence-electron chi connectivity index (χ4n) is 9.68. The highest BCUT2D eigenvalue weighted by molar-refractivity contribution is 5.96. The van der Waals surface area contributed by atoms with Crippen LogP contribution in [0.1, 0.15) is 100 Å². The molecule has 3 amide bonds. The van der Waals surface area contributed by atoms with Gasteiger partial charge in [-0.1, -0.05) is 99.5 Å². The number of unbranched alkanes of at least 4 members (excludes halogenated alkanes) is 2. The van der Waals surface area contributed by atoms with Crippen LogP contribution < -0.4 is 31.6 Å². The summed E-state index contributed by atoms with van der Waals surface area (Å²) in [6, 6.07) is 29.6. The van der Waals surface area contributed by atoms with Crippen molar-refractivity contribution >= 4 is 35.8 Å². The van der Waals surface area contributed by atoms with E-state index in [4.69, 9.17) is 45.4 Å². The first-order chi connectivity index (χ1) is 42.8. The second-order valence-corrected chi connectivity index (χ2v) is 21.8. The number of aliphatic imine (C=N–C) groups is 2. The number of aliphatic hydroxyl groups is 1. The van der Waals surface area contributed by atoms with Gasteiger partial charge in [-0.15, -0.1) is 0 Å². The Morgan fingerprint density at radius 2 is 1.00 bits per heavy atom. The highest BCUT2D eigenvalue weighted by atomic mass is 19.4. The van der Waals surface area contributed by atoms with Crippen molar-refractivity contribution in [2.75, 3.05) is 113 Å². The molecule has 0 aliphatic carbocycles. The summed E-state index contributed by atoms with van der Waals surface area (Å²) in [4.78, 5) is 61.8. The SMILES string of the molecule is CCCCN=C(N)NC(=O)CCc1ccc(-c2ccc(CN3CCC(N(C)C(=O)O)CC3)cc2)c(OCCCOC)c1.CCCCN=C(N)NC(=O)CCc1ccc(-c2ccc(CN3CCN(CCO)CC3)cc2)c(OCCCOC)c1.O=C(O)C(F)(F)F. The number of hydrogen-bond acceptors (Lipinski definition) is 14. The molecule has 0 spiro atoms. The van der Waals surface area contributed by atoms with Gasteiger partial charge < -0.3 is 50.6 Å². The largest absolute Gasteiger partial charge is 0.493 e. The number of aryl methyl sites for hydroxylation is 2. The molecule has 6 rings (SSSR count). The predicted octanol–water partition coefficient (Wildman–Crippen LogP) is 8.18. The number of likely N-dealkylation sites (tertiary alicyclic amines) is 1. The van der Waals surface area contributed by atoms with E-state index >= 15 is 0 Å². The molecular weight excluding hydrogens is 1150 g/mol. The summed E-state index contributed by atoms with van der Waals surface area (Å²) >= 11 is 0. The van der Waals surface area contributed by atoms with Gasteiger partial charge in [0, 0.05) is 149 Å². The molecule has 2 saturated heterocycles. The van der Waals surface area contributed by atoms with E-state index in [9.17, 15) is 32.7 Å². The lowest BCUT2D eigenvalue weighted by Crippen LogP contribution is -2.46. The number of carbonyl (C=O) groups is 4. The lowest BCUT2D eigenvalue weighted by molar-refractivity contribution is -0.192. The van der Waals surface area contributed by atoms with Gasteiger partial charge in [-0.3, -0.25) is 44.9 Å². The molecule has 9 N–H and O–H groups in total. The van der Waals surface area contributed by atoms with Gasteiger partial charge in [0.25, 0.3) is 0 Å². The quantitative estimate of drug-likeness (QED) is 0.0142. The van der Waals surface area contributed by atoms with Gasteiger partial charge in [0.05, 0.1) is 19.8 Å². The number of nitrogens with one attached hydrogen (secondary N) is 2. The number of carboxylic acid groups (broad SMARTS) is 2. The van der Waals surface area contributed by atoms with Crippen molar-refractivity contribution in [1.82, 2.24) is 30.2 Å². The molecule has 2 heterocycles. The van der Waals surface area contributed by atoms with E-state index in [1.165, 1.54) is 16.0 Å². The number of nitrogens with two attached hydrogens (primary N) is 2. The maximum atomic E-state index is 12.4. The Hall–Kier alpha value is -7.35. The van der Waals surface area contributed by atoms with Crippen molar-refractivity contribution in [3.05, 3.63) is 107 Å². The van der Waals surface area contributed by atoms with Crippen LogP contribution in [-0.2, 0) is 49.8 Å². The summed E-state index contributed by atoms with van der Waals surface area (Å²) in [6.07, 6.45) is 3.00. The van der Waals surface area contributed by atoms with Gasteiger partial charge in [-0.05, 0) is 84.0 Å². The standard InChI is InChI=1S/C32H47N5O5.C31H47N5O4.C2HF3O2/c1-4-5-17-34-31(33)35-30(38)14-10-24-9-13-28(29(22-24)42-21-6-20-41-3)26-11-7-25(8-12-26)23-37-18-15-27(16-19-37)36(2)32(39)40;1-3-4-14-33-31(32)34-30(38)13-9-25-8-12-28(29(23-25)40-22-5-21-39-2)27-10-6-26(7-11-27)24-36-17-15-35(16-18-36)19-20-37;3-2(4,5)1(6)7/h7-9,11-13,22,27H,4-6,10,14-21,23H2,1-3H3,(H,39,40)(H3,33,34,35,38);6-8,10-12,23,37H,3-5,9,13-22,24H2,1-2H3,(H3,32,33,34,38);(H,6,7). The van der Waals surface area contributed by atoms with Crippen LogP contribution in [0.5, 0.6) is 11.5 Å². The average Bonchev–Trinajstić information content (AvgIpc) is 3.14. The average molecular weight is 1250 g/mol. The van der Waals surface area contributed by atoms with E-state index in [2.05, 4.69) is 116 Å². The van der Waals surface area contributed by atoms with Crippen molar-refractivity contribution in [2.45, 2.75) is 116 Å². The Kier molecular flexibility index (Phi) is 34.2.